The Balaban J connectivity index is 1.77. The molecule has 0 radical (unpaired) electrons. The highest BCUT2D eigenvalue weighted by Crippen LogP contribution is 2.40. The summed E-state index contributed by atoms with van der Waals surface area (Å²) in [5.74, 6) is 1.30. The van der Waals surface area contributed by atoms with Crippen LogP contribution in [0.15, 0.2) is 51.7 Å². The van der Waals surface area contributed by atoms with Gasteiger partial charge in [-0.2, -0.15) is 0 Å². The van der Waals surface area contributed by atoms with Crippen molar-refractivity contribution in [2.45, 2.75) is 24.2 Å². The first-order valence-corrected chi connectivity index (χ1v) is 12.2. The summed E-state index contributed by atoms with van der Waals surface area (Å²) in [7, 11) is -2.41. The molecule has 0 aliphatic heterocycles. The Morgan fingerprint density at radius 3 is 2.80 bits per heavy atom. The van der Waals surface area contributed by atoms with Crippen LogP contribution in [0.25, 0.3) is 10.1 Å². The van der Waals surface area contributed by atoms with Gasteiger partial charge in [0.05, 0.1) is 4.90 Å². The van der Waals surface area contributed by atoms with Crippen LogP contribution in [0.2, 0.25) is 0 Å². The summed E-state index contributed by atoms with van der Waals surface area (Å²) in [6.07, 6.45) is 1.93. The topological polar surface area (TPSA) is 65.0 Å². The molecule has 0 amide bonds. The molecule has 0 spiro atoms. The highest BCUT2D eigenvalue weighted by molar-refractivity contribution is 7.91. The molecular weight excluding hydrogens is 425 g/mol. The van der Waals surface area contributed by atoms with Crippen LogP contribution in [0.3, 0.4) is 0 Å². The summed E-state index contributed by atoms with van der Waals surface area (Å²) in [4.78, 5) is 4.59. The van der Waals surface area contributed by atoms with Gasteiger partial charge in [-0.15, -0.1) is 11.3 Å². The Kier molecular flexibility index (Phi) is 6.17. The maximum Gasteiger partial charge on any atom is 0.208 e. The van der Waals surface area contributed by atoms with E-state index in [1.807, 2.05) is 29.6 Å². The summed E-state index contributed by atoms with van der Waals surface area (Å²) in [5.41, 5.74) is 1.95. The van der Waals surface area contributed by atoms with Crippen LogP contribution in [0.5, 0.6) is 11.5 Å². The smallest absolute Gasteiger partial charge is 0.208 e. The van der Waals surface area contributed by atoms with Gasteiger partial charge in [0.1, 0.15) is 11.5 Å². The van der Waals surface area contributed by atoms with E-state index in [0.29, 0.717) is 48.8 Å². The van der Waals surface area contributed by atoms with Gasteiger partial charge in [0.2, 0.25) is 9.84 Å². The van der Waals surface area contributed by atoms with Crippen LogP contribution in [0, 0.1) is 0 Å². The van der Waals surface area contributed by atoms with Gasteiger partial charge in [-0.3, -0.25) is 4.99 Å². The second-order valence-corrected chi connectivity index (χ2v) is 9.84. The maximum atomic E-state index is 13.3. The zero-order chi connectivity index (χ0) is 21.1. The molecule has 1 aliphatic carbocycles. The third-order valence-electron chi connectivity index (χ3n) is 5.10. The molecule has 5 nitrogen and oxygen atoms in total. The van der Waals surface area contributed by atoms with Gasteiger partial charge < -0.3 is 9.47 Å². The monoisotopic (exact) mass is 447 g/mol. The standard InChI is InChI=1S/C22H22FNO4S2/c1-27-12-3-11-24-17-7-6-16-19(8-9-21(22(16)17)30(25,26)14-23)28-18-4-2-5-20-15(18)10-13-29-20/h2,4-5,8-10,13H,3,6-7,11-12,14H2,1H3/b24-17-. The lowest BCUT2D eigenvalue weighted by atomic mass is 10.1. The zero-order valence-corrected chi connectivity index (χ0v) is 18.2. The summed E-state index contributed by atoms with van der Waals surface area (Å²) in [6, 6.07) is 9.47. The molecule has 158 valence electrons. The molecule has 1 heterocycles. The molecule has 0 bridgehead atoms. The summed E-state index contributed by atoms with van der Waals surface area (Å²) in [6.45, 7) is 1.10. The van der Waals surface area contributed by atoms with Crippen molar-refractivity contribution in [1.29, 1.82) is 0 Å². The molecular formula is C22H22FNO4S2. The molecule has 0 saturated heterocycles. The van der Waals surface area contributed by atoms with E-state index in [9.17, 15) is 12.8 Å². The van der Waals surface area contributed by atoms with Gasteiger partial charge in [0.15, 0.2) is 6.01 Å². The van der Waals surface area contributed by atoms with Crippen molar-refractivity contribution >= 4 is 37.0 Å². The lowest BCUT2D eigenvalue weighted by Crippen LogP contribution is -2.10. The lowest BCUT2D eigenvalue weighted by molar-refractivity contribution is 0.197. The van der Waals surface area contributed by atoms with E-state index in [1.165, 1.54) is 6.07 Å². The fourth-order valence-corrected chi connectivity index (χ4v) is 5.46. The number of alkyl halides is 1. The molecule has 30 heavy (non-hydrogen) atoms. The number of methoxy groups -OCH3 is 1. The number of hydrogen-bond donors (Lipinski definition) is 0. The number of nitrogens with zero attached hydrogens (tertiary/aromatic N) is 1. The number of hydrogen-bond acceptors (Lipinski definition) is 6. The molecule has 0 unspecified atom stereocenters. The van der Waals surface area contributed by atoms with Crippen LogP contribution < -0.4 is 4.74 Å². The number of sulfone groups is 1. The molecule has 1 aromatic heterocycles. The number of thiophene rings is 1. The number of rotatable bonds is 8. The third-order valence-corrected chi connectivity index (χ3v) is 7.28. The fraction of sp³-hybridized carbons (Fsp3) is 0.318. The van der Waals surface area contributed by atoms with Crippen molar-refractivity contribution in [2.75, 3.05) is 26.3 Å². The normalized spacial score (nSPS) is 15.1. The number of halogens is 1. The third kappa shape index (κ3) is 3.99. The Morgan fingerprint density at radius 2 is 2.00 bits per heavy atom. The van der Waals surface area contributed by atoms with Crippen molar-refractivity contribution < 1.29 is 22.3 Å². The predicted molar refractivity (Wildman–Crippen MR) is 118 cm³/mol. The zero-order valence-electron chi connectivity index (χ0n) is 16.6. The van der Waals surface area contributed by atoms with Crippen molar-refractivity contribution in [3.63, 3.8) is 0 Å². The second kappa shape index (κ2) is 8.83. The Labute approximate surface area is 179 Å². The van der Waals surface area contributed by atoms with E-state index in [2.05, 4.69) is 4.99 Å². The highest BCUT2D eigenvalue weighted by Gasteiger charge is 2.30. The first-order valence-electron chi connectivity index (χ1n) is 9.66. The van der Waals surface area contributed by atoms with E-state index >= 15 is 0 Å². The quantitative estimate of drug-likeness (QED) is 0.447. The van der Waals surface area contributed by atoms with E-state index < -0.39 is 15.8 Å². The first kappa shape index (κ1) is 21.0. The molecule has 0 fully saturated rings. The van der Waals surface area contributed by atoms with Crippen molar-refractivity contribution in [3.8, 4) is 11.5 Å². The van der Waals surface area contributed by atoms with E-state index in [4.69, 9.17) is 9.47 Å². The van der Waals surface area contributed by atoms with Crippen LogP contribution >= 0.6 is 11.3 Å². The highest BCUT2D eigenvalue weighted by atomic mass is 32.2. The lowest BCUT2D eigenvalue weighted by Gasteiger charge is -2.14. The minimum Gasteiger partial charge on any atom is -0.456 e. The summed E-state index contributed by atoms with van der Waals surface area (Å²) in [5, 5.41) is 3.01. The van der Waals surface area contributed by atoms with Gasteiger partial charge in [-0.25, -0.2) is 12.8 Å². The van der Waals surface area contributed by atoms with Gasteiger partial charge >= 0.3 is 0 Å². The molecule has 0 N–H and O–H groups in total. The van der Waals surface area contributed by atoms with Crippen molar-refractivity contribution in [3.05, 3.63) is 52.9 Å². The molecule has 4 rings (SSSR count). The van der Waals surface area contributed by atoms with E-state index in [-0.39, 0.29) is 4.90 Å². The maximum absolute atomic E-state index is 13.3. The van der Waals surface area contributed by atoms with E-state index in [0.717, 1.165) is 22.1 Å². The first-order chi connectivity index (χ1) is 14.5. The number of benzene rings is 2. The average molecular weight is 448 g/mol. The van der Waals surface area contributed by atoms with Crippen molar-refractivity contribution in [2.24, 2.45) is 4.99 Å². The molecule has 0 saturated carbocycles. The summed E-state index contributed by atoms with van der Waals surface area (Å²) >= 11 is 1.63. The molecule has 2 aromatic carbocycles. The fourth-order valence-electron chi connectivity index (χ4n) is 3.71. The minimum atomic E-state index is -4.03. The Morgan fingerprint density at radius 1 is 1.13 bits per heavy atom. The second-order valence-electron chi connectivity index (χ2n) is 7.00. The van der Waals surface area contributed by atoms with Crippen molar-refractivity contribution in [1.82, 2.24) is 0 Å². The summed E-state index contributed by atoms with van der Waals surface area (Å²) < 4.78 is 50.5. The van der Waals surface area contributed by atoms with Gasteiger partial charge in [0, 0.05) is 47.2 Å². The molecule has 3 aromatic rings. The van der Waals surface area contributed by atoms with Crippen LogP contribution in [-0.4, -0.2) is 40.4 Å². The molecule has 0 atom stereocenters. The largest absolute Gasteiger partial charge is 0.456 e. The Bertz CT molecular complexity index is 1200. The molecule has 1 aliphatic rings. The average Bonchev–Trinajstić information content (AvgIpc) is 3.39. The molecule has 8 heteroatoms. The van der Waals surface area contributed by atoms with Crippen LogP contribution in [0.4, 0.5) is 4.39 Å². The SMILES string of the molecule is COCCC/N=C1/CCc2c(Oc3cccc4sccc34)ccc(S(=O)(=O)CF)c21. The predicted octanol–water partition coefficient (Wildman–Crippen LogP) is 5.17. The number of aliphatic imine (C=N–C) groups is 1. The van der Waals surface area contributed by atoms with E-state index in [1.54, 1.807) is 24.5 Å². The van der Waals surface area contributed by atoms with Gasteiger partial charge in [-0.1, -0.05) is 6.07 Å². The Hall–Kier alpha value is -2.29. The number of ether oxygens (including phenoxy) is 2. The van der Waals surface area contributed by atoms with Crippen LogP contribution in [-0.2, 0) is 21.0 Å². The minimum absolute atomic E-state index is 0.0101. The van der Waals surface area contributed by atoms with Gasteiger partial charge in [-0.05, 0) is 55.0 Å². The van der Waals surface area contributed by atoms with Crippen LogP contribution in [0.1, 0.15) is 24.0 Å². The number of fused-ring (bicyclic) bond motifs is 2. The van der Waals surface area contributed by atoms with Gasteiger partial charge in [0.25, 0.3) is 0 Å².